The first-order chi connectivity index (χ1) is 11.4. The molecule has 3 aromatic carbocycles. The van der Waals surface area contributed by atoms with Crippen LogP contribution in [-0.2, 0) is 0 Å². The van der Waals surface area contributed by atoms with E-state index < -0.39 is 6.10 Å². The zero-order valence-electron chi connectivity index (χ0n) is 12.8. The van der Waals surface area contributed by atoms with E-state index in [0.717, 1.165) is 11.3 Å². The van der Waals surface area contributed by atoms with E-state index in [2.05, 4.69) is 41.3 Å². The molecule has 1 heterocycles. The van der Waals surface area contributed by atoms with Crippen molar-refractivity contribution in [2.75, 3.05) is 4.90 Å². The van der Waals surface area contributed by atoms with Gasteiger partial charge in [-0.2, -0.15) is 0 Å². The molecule has 114 valence electrons. The lowest BCUT2D eigenvalue weighted by Crippen LogP contribution is -2.10. The summed E-state index contributed by atoms with van der Waals surface area (Å²) in [5.41, 5.74) is 3.37. The third-order valence-electron chi connectivity index (χ3n) is 4.51. The Labute approximate surface area is 136 Å². The number of hydrogen-bond donors (Lipinski definition) is 1. The van der Waals surface area contributed by atoms with Crippen molar-refractivity contribution in [3.05, 3.63) is 102 Å². The Balaban J connectivity index is 1.69. The molecule has 3 atom stereocenters. The number of nitrogens with zero attached hydrogens (tertiary/aromatic N) is 1. The zero-order chi connectivity index (χ0) is 15.6. The van der Waals surface area contributed by atoms with E-state index in [9.17, 15) is 5.11 Å². The number of benzene rings is 3. The summed E-state index contributed by atoms with van der Waals surface area (Å²) in [5, 5.41) is 10.9. The maximum atomic E-state index is 10.9. The van der Waals surface area contributed by atoms with Crippen LogP contribution in [0.2, 0.25) is 0 Å². The Hall–Kier alpha value is -2.58. The van der Waals surface area contributed by atoms with Gasteiger partial charge in [-0.05, 0) is 23.3 Å². The number of anilines is 1. The first-order valence-electron chi connectivity index (χ1n) is 7.97. The van der Waals surface area contributed by atoms with Crippen LogP contribution >= 0.6 is 0 Å². The number of rotatable bonds is 4. The van der Waals surface area contributed by atoms with Gasteiger partial charge in [0, 0.05) is 5.69 Å². The smallest absolute Gasteiger partial charge is 0.102 e. The third kappa shape index (κ3) is 2.62. The van der Waals surface area contributed by atoms with Crippen LogP contribution in [0.3, 0.4) is 0 Å². The molecule has 0 unspecified atom stereocenters. The van der Waals surface area contributed by atoms with E-state index in [-0.39, 0.29) is 12.1 Å². The standard InChI is InChI=1S/C21H19NO/c23-21(17-12-6-2-7-13-17)20-19(16-10-4-1-5-11-16)22(20)18-14-8-3-9-15-18/h1-15,19-21,23H/t19-,20-,21+,22?/m0/s1. The number of aliphatic hydroxyl groups excluding tert-OH is 1. The summed E-state index contributed by atoms with van der Waals surface area (Å²) in [4.78, 5) is 2.30. The van der Waals surface area contributed by atoms with Gasteiger partial charge in [-0.15, -0.1) is 0 Å². The van der Waals surface area contributed by atoms with Gasteiger partial charge in [0.05, 0.1) is 12.1 Å². The predicted molar refractivity (Wildman–Crippen MR) is 93.3 cm³/mol. The second-order valence-electron chi connectivity index (χ2n) is 5.94. The average Bonchev–Trinajstić information content (AvgIpc) is 3.39. The van der Waals surface area contributed by atoms with Crippen molar-refractivity contribution in [3.63, 3.8) is 0 Å². The van der Waals surface area contributed by atoms with E-state index in [1.807, 2.05) is 54.6 Å². The van der Waals surface area contributed by atoms with Crippen molar-refractivity contribution >= 4 is 5.69 Å². The molecule has 1 aliphatic rings. The summed E-state index contributed by atoms with van der Waals surface area (Å²) in [6, 6.07) is 30.9. The summed E-state index contributed by atoms with van der Waals surface area (Å²) in [6.07, 6.45) is -0.499. The zero-order valence-corrected chi connectivity index (χ0v) is 12.8. The first-order valence-corrected chi connectivity index (χ1v) is 7.97. The van der Waals surface area contributed by atoms with Crippen molar-refractivity contribution in [3.8, 4) is 0 Å². The maximum absolute atomic E-state index is 10.9. The second-order valence-corrected chi connectivity index (χ2v) is 5.94. The minimum absolute atomic E-state index is 0.0715. The fraction of sp³-hybridized carbons (Fsp3) is 0.143. The summed E-state index contributed by atoms with van der Waals surface area (Å²) >= 11 is 0. The van der Waals surface area contributed by atoms with Gasteiger partial charge in [0.15, 0.2) is 0 Å². The molecule has 0 radical (unpaired) electrons. The highest BCUT2D eigenvalue weighted by Crippen LogP contribution is 2.51. The van der Waals surface area contributed by atoms with Crippen molar-refractivity contribution in [1.82, 2.24) is 0 Å². The molecule has 2 nitrogen and oxygen atoms in total. The fourth-order valence-corrected chi connectivity index (χ4v) is 3.36. The van der Waals surface area contributed by atoms with Crippen LogP contribution < -0.4 is 4.90 Å². The van der Waals surface area contributed by atoms with E-state index in [4.69, 9.17) is 0 Å². The summed E-state index contributed by atoms with van der Waals surface area (Å²) in [7, 11) is 0. The molecule has 4 rings (SSSR count). The monoisotopic (exact) mass is 301 g/mol. The Bertz CT molecular complexity index is 712. The molecule has 0 spiro atoms. The van der Waals surface area contributed by atoms with E-state index in [1.54, 1.807) is 0 Å². The number of para-hydroxylation sites is 1. The van der Waals surface area contributed by atoms with Crippen LogP contribution in [0.5, 0.6) is 0 Å². The summed E-state index contributed by atoms with van der Waals surface area (Å²) < 4.78 is 0. The van der Waals surface area contributed by atoms with Gasteiger partial charge in [0.1, 0.15) is 6.10 Å². The first kappa shape index (κ1) is 14.0. The quantitative estimate of drug-likeness (QED) is 0.724. The molecule has 0 aromatic heterocycles. The van der Waals surface area contributed by atoms with Gasteiger partial charge in [0.2, 0.25) is 0 Å². The topological polar surface area (TPSA) is 23.2 Å². The molecule has 0 amide bonds. The maximum Gasteiger partial charge on any atom is 0.102 e. The lowest BCUT2D eigenvalue weighted by molar-refractivity contribution is 0.176. The van der Waals surface area contributed by atoms with Crippen molar-refractivity contribution in [2.45, 2.75) is 18.2 Å². The molecule has 1 aliphatic heterocycles. The lowest BCUT2D eigenvalue weighted by atomic mass is 10.0. The Kier molecular flexibility index (Phi) is 3.60. The van der Waals surface area contributed by atoms with Crippen LogP contribution in [0.4, 0.5) is 5.69 Å². The van der Waals surface area contributed by atoms with Crippen molar-refractivity contribution < 1.29 is 5.11 Å². The molecule has 0 aliphatic carbocycles. The Morgan fingerprint density at radius 2 is 1.22 bits per heavy atom. The molecule has 0 bridgehead atoms. The van der Waals surface area contributed by atoms with Crippen molar-refractivity contribution in [2.24, 2.45) is 0 Å². The normalized spacial score (nSPS) is 21.0. The Morgan fingerprint density at radius 3 is 1.83 bits per heavy atom. The number of hydrogen-bond acceptors (Lipinski definition) is 2. The highest BCUT2D eigenvalue weighted by molar-refractivity contribution is 5.60. The fourth-order valence-electron chi connectivity index (χ4n) is 3.36. The SMILES string of the molecule is O[C@H](c1ccccc1)[C@@H]1[C@H](c2ccccc2)N1c1ccccc1. The molecule has 1 saturated heterocycles. The lowest BCUT2D eigenvalue weighted by Gasteiger charge is -2.11. The highest BCUT2D eigenvalue weighted by atomic mass is 16.3. The van der Waals surface area contributed by atoms with E-state index in [1.165, 1.54) is 5.56 Å². The Morgan fingerprint density at radius 1 is 0.696 bits per heavy atom. The largest absolute Gasteiger partial charge is 0.386 e. The van der Waals surface area contributed by atoms with Crippen LogP contribution in [0.15, 0.2) is 91.0 Å². The van der Waals surface area contributed by atoms with Crippen LogP contribution in [0.1, 0.15) is 23.3 Å². The molecular formula is C21H19NO. The van der Waals surface area contributed by atoms with E-state index >= 15 is 0 Å². The number of aliphatic hydroxyl groups is 1. The molecule has 1 N–H and O–H groups in total. The molecule has 0 saturated carbocycles. The molecular weight excluding hydrogens is 282 g/mol. The van der Waals surface area contributed by atoms with Crippen molar-refractivity contribution in [1.29, 1.82) is 0 Å². The van der Waals surface area contributed by atoms with Crippen LogP contribution in [0.25, 0.3) is 0 Å². The predicted octanol–water partition coefficient (Wildman–Crippen LogP) is 4.35. The minimum Gasteiger partial charge on any atom is -0.386 e. The van der Waals surface area contributed by atoms with Gasteiger partial charge in [0.25, 0.3) is 0 Å². The summed E-state index contributed by atoms with van der Waals surface area (Å²) in [5.74, 6) is 0. The average molecular weight is 301 g/mol. The molecule has 23 heavy (non-hydrogen) atoms. The molecule has 1 fully saturated rings. The van der Waals surface area contributed by atoms with Gasteiger partial charge >= 0.3 is 0 Å². The highest BCUT2D eigenvalue weighted by Gasteiger charge is 2.52. The minimum atomic E-state index is -0.499. The van der Waals surface area contributed by atoms with Crippen LogP contribution in [-0.4, -0.2) is 11.1 Å². The third-order valence-corrected chi connectivity index (χ3v) is 4.51. The molecule has 3 aromatic rings. The second kappa shape index (κ2) is 5.90. The van der Waals surface area contributed by atoms with E-state index in [0.29, 0.717) is 0 Å². The van der Waals surface area contributed by atoms with Gasteiger partial charge in [-0.3, -0.25) is 0 Å². The van der Waals surface area contributed by atoms with Gasteiger partial charge in [-0.25, -0.2) is 0 Å². The summed E-state index contributed by atoms with van der Waals surface area (Å²) in [6.45, 7) is 0. The molecule has 2 heteroatoms. The van der Waals surface area contributed by atoms with Gasteiger partial charge in [-0.1, -0.05) is 78.9 Å². The van der Waals surface area contributed by atoms with Gasteiger partial charge < -0.3 is 10.0 Å². The van der Waals surface area contributed by atoms with Crippen LogP contribution in [0, 0.1) is 0 Å².